The van der Waals surface area contributed by atoms with Crippen LogP contribution in [0.4, 0.5) is 0 Å². The zero-order chi connectivity index (χ0) is 23.2. The summed E-state index contributed by atoms with van der Waals surface area (Å²) in [4.78, 5) is 46.1. The second-order valence-corrected chi connectivity index (χ2v) is 7.37. The number of carbonyl (C=O) groups is 2. The molecule has 172 valence electrons. The molecule has 0 fully saturated rings. The zero-order valence-electron chi connectivity index (χ0n) is 17.5. The van der Waals surface area contributed by atoms with Crippen LogP contribution in [0.1, 0.15) is 72.1 Å². The van der Waals surface area contributed by atoms with Crippen molar-refractivity contribution in [1.82, 2.24) is 4.90 Å². The molecule has 0 aromatic heterocycles. The summed E-state index contributed by atoms with van der Waals surface area (Å²) in [5.74, 6) is -1.35. The molecule has 1 aromatic carbocycles. The predicted octanol–water partition coefficient (Wildman–Crippen LogP) is 2.61. The van der Waals surface area contributed by atoms with Crippen LogP contribution in [-0.4, -0.2) is 57.8 Å². The van der Waals surface area contributed by atoms with Gasteiger partial charge in [0, 0.05) is 46.9 Å². The van der Waals surface area contributed by atoms with Gasteiger partial charge in [0.15, 0.2) is 0 Å². The number of aromatic hydroxyl groups is 1. The zero-order valence-corrected chi connectivity index (χ0v) is 17.5. The summed E-state index contributed by atoms with van der Waals surface area (Å²) in [5, 5.41) is 30.6. The van der Waals surface area contributed by atoms with Crippen LogP contribution in [0, 0.1) is 20.2 Å². The van der Waals surface area contributed by atoms with Gasteiger partial charge in [0.1, 0.15) is 5.75 Å². The monoisotopic (exact) mass is 438 g/mol. The average Bonchev–Trinajstić information content (AvgIpc) is 2.69. The number of carbonyl (C=O) groups excluding carboxylic acids is 2. The Bertz CT molecular complexity index is 744. The van der Waals surface area contributed by atoms with Gasteiger partial charge >= 0.3 is 0 Å². The predicted molar refractivity (Wildman–Crippen MR) is 113 cm³/mol. The summed E-state index contributed by atoms with van der Waals surface area (Å²) in [6.45, 7) is 0.694. The minimum absolute atomic E-state index is 0.0304. The molecule has 0 heterocycles. The molecule has 0 radical (unpaired) electrons. The first-order valence-corrected chi connectivity index (χ1v) is 10.4. The number of primary amides is 1. The lowest BCUT2D eigenvalue weighted by Crippen LogP contribution is -2.33. The van der Waals surface area contributed by atoms with Crippen LogP contribution < -0.4 is 5.73 Å². The van der Waals surface area contributed by atoms with E-state index < -0.39 is 5.91 Å². The van der Waals surface area contributed by atoms with Crippen LogP contribution in [0.5, 0.6) is 5.75 Å². The van der Waals surface area contributed by atoms with E-state index in [0.29, 0.717) is 51.6 Å². The van der Waals surface area contributed by atoms with E-state index in [1.807, 2.05) is 0 Å². The summed E-state index contributed by atoms with van der Waals surface area (Å²) >= 11 is 0. The average molecular weight is 438 g/mol. The summed E-state index contributed by atoms with van der Waals surface area (Å²) in [6, 6.07) is 3.80. The van der Waals surface area contributed by atoms with Crippen molar-refractivity contribution >= 4 is 11.8 Å². The van der Waals surface area contributed by atoms with Crippen LogP contribution in [0.3, 0.4) is 0 Å². The molecule has 11 heteroatoms. The maximum Gasteiger partial charge on any atom is 0.254 e. The Morgan fingerprint density at radius 3 is 1.71 bits per heavy atom. The molecule has 0 bridgehead atoms. The van der Waals surface area contributed by atoms with Gasteiger partial charge in [-0.15, -0.1) is 0 Å². The molecule has 0 atom stereocenters. The van der Waals surface area contributed by atoms with Crippen LogP contribution in [0.2, 0.25) is 0 Å². The molecular formula is C20H30N4O7. The Morgan fingerprint density at radius 2 is 1.26 bits per heavy atom. The maximum atomic E-state index is 13.0. The third-order valence-electron chi connectivity index (χ3n) is 4.77. The molecule has 1 aromatic rings. The number of nitrogens with zero attached hydrogens (tertiary/aromatic N) is 3. The Kier molecular flexibility index (Phi) is 11.6. The summed E-state index contributed by atoms with van der Waals surface area (Å²) in [7, 11) is 0. The Hall–Kier alpha value is -3.24. The molecule has 0 aliphatic rings. The number of unbranched alkanes of at least 4 members (excludes halogenated alkanes) is 6. The van der Waals surface area contributed by atoms with E-state index in [0.717, 1.165) is 12.8 Å². The third kappa shape index (κ3) is 10.9. The highest BCUT2D eigenvalue weighted by atomic mass is 16.6. The van der Waals surface area contributed by atoms with Crippen molar-refractivity contribution in [2.75, 3.05) is 26.2 Å². The van der Waals surface area contributed by atoms with Crippen LogP contribution in [0.15, 0.2) is 18.2 Å². The number of benzene rings is 1. The van der Waals surface area contributed by atoms with Crippen molar-refractivity contribution in [3.05, 3.63) is 49.6 Å². The van der Waals surface area contributed by atoms with E-state index >= 15 is 0 Å². The molecule has 11 nitrogen and oxygen atoms in total. The standard InChI is InChI=1S/C20H30N4O7/c21-19(26)16-13-17(15-18(25)14-16)20(27)22(9-5-1-3-7-11-23(28)29)10-6-2-4-8-12-24(30)31/h13-15,25H,1-12H2,(H2,21,26). The molecule has 0 saturated heterocycles. The SMILES string of the molecule is NC(=O)c1cc(O)cc(C(=O)N(CCCCCC[N+](=O)[O-])CCCCCC[N+](=O)[O-])c1. The van der Waals surface area contributed by atoms with Crippen LogP contribution in [0.25, 0.3) is 0 Å². The molecule has 2 amide bonds. The molecule has 0 spiro atoms. The van der Waals surface area contributed by atoms with Gasteiger partial charge in [0.2, 0.25) is 19.0 Å². The summed E-state index contributed by atoms with van der Waals surface area (Å²) < 4.78 is 0. The third-order valence-corrected chi connectivity index (χ3v) is 4.77. The molecule has 0 aliphatic carbocycles. The fraction of sp³-hybridized carbons (Fsp3) is 0.600. The number of hydrogen-bond acceptors (Lipinski definition) is 7. The second kappa shape index (κ2) is 13.9. The van der Waals surface area contributed by atoms with E-state index in [9.17, 15) is 34.9 Å². The lowest BCUT2D eigenvalue weighted by molar-refractivity contribution is -0.480. The molecule has 1 rings (SSSR count). The number of amides is 2. The minimum Gasteiger partial charge on any atom is -0.508 e. The highest BCUT2D eigenvalue weighted by Crippen LogP contribution is 2.18. The Morgan fingerprint density at radius 1 is 0.806 bits per heavy atom. The molecule has 31 heavy (non-hydrogen) atoms. The van der Waals surface area contributed by atoms with Crippen LogP contribution in [-0.2, 0) is 0 Å². The molecule has 3 N–H and O–H groups in total. The molecular weight excluding hydrogens is 408 g/mol. The second-order valence-electron chi connectivity index (χ2n) is 7.37. The maximum absolute atomic E-state index is 13.0. The minimum atomic E-state index is -0.756. The largest absolute Gasteiger partial charge is 0.508 e. The van der Waals surface area contributed by atoms with Gasteiger partial charge in [0.25, 0.3) is 5.91 Å². The van der Waals surface area contributed by atoms with E-state index in [2.05, 4.69) is 0 Å². The van der Waals surface area contributed by atoms with Gasteiger partial charge < -0.3 is 15.7 Å². The van der Waals surface area contributed by atoms with Crippen molar-refractivity contribution in [3.8, 4) is 5.75 Å². The van der Waals surface area contributed by atoms with Gasteiger partial charge in [-0.1, -0.05) is 12.8 Å². The van der Waals surface area contributed by atoms with Crippen molar-refractivity contribution in [2.24, 2.45) is 5.73 Å². The number of phenols is 1. The van der Waals surface area contributed by atoms with Gasteiger partial charge in [-0.25, -0.2) is 0 Å². The van der Waals surface area contributed by atoms with Crippen LogP contribution >= 0.6 is 0 Å². The molecule has 0 unspecified atom stereocenters. The van der Waals surface area contributed by atoms with E-state index in [1.54, 1.807) is 4.90 Å². The first-order valence-electron chi connectivity index (χ1n) is 10.4. The normalized spacial score (nSPS) is 10.6. The highest BCUT2D eigenvalue weighted by molar-refractivity contribution is 5.99. The number of phenolic OH excluding ortho intramolecular Hbond substituents is 1. The summed E-state index contributed by atoms with van der Waals surface area (Å²) in [6.07, 6.45) is 5.10. The van der Waals surface area contributed by atoms with Gasteiger partial charge in [-0.05, 0) is 43.9 Å². The van der Waals surface area contributed by atoms with Gasteiger partial charge in [0.05, 0.1) is 0 Å². The van der Waals surface area contributed by atoms with Crippen molar-refractivity contribution in [3.63, 3.8) is 0 Å². The van der Waals surface area contributed by atoms with E-state index in [4.69, 9.17) is 5.73 Å². The van der Waals surface area contributed by atoms with E-state index in [-0.39, 0.29) is 45.7 Å². The molecule has 0 aliphatic heterocycles. The van der Waals surface area contributed by atoms with Crippen molar-refractivity contribution < 1.29 is 24.5 Å². The van der Waals surface area contributed by atoms with Crippen molar-refractivity contribution in [2.45, 2.75) is 51.4 Å². The van der Waals surface area contributed by atoms with Gasteiger partial charge in [-0.2, -0.15) is 0 Å². The quantitative estimate of drug-likeness (QED) is 0.227. The topological polar surface area (TPSA) is 170 Å². The molecule has 0 saturated carbocycles. The number of hydrogen-bond donors (Lipinski definition) is 2. The van der Waals surface area contributed by atoms with Gasteiger partial charge in [-0.3, -0.25) is 29.8 Å². The Balaban J connectivity index is 2.69. The number of nitrogens with two attached hydrogens (primary N) is 1. The van der Waals surface area contributed by atoms with Crippen molar-refractivity contribution in [1.29, 1.82) is 0 Å². The number of nitro groups is 2. The Labute approximate surface area is 180 Å². The first kappa shape index (κ1) is 25.8. The first-order chi connectivity index (χ1) is 14.7. The highest BCUT2D eigenvalue weighted by Gasteiger charge is 2.18. The lowest BCUT2D eigenvalue weighted by atomic mass is 10.1. The lowest BCUT2D eigenvalue weighted by Gasteiger charge is -2.23. The number of rotatable bonds is 16. The summed E-state index contributed by atoms with van der Waals surface area (Å²) in [5.41, 5.74) is 5.43. The fourth-order valence-electron chi connectivity index (χ4n) is 3.17. The fourth-order valence-corrected chi connectivity index (χ4v) is 3.17. The smallest absolute Gasteiger partial charge is 0.254 e. The van der Waals surface area contributed by atoms with E-state index in [1.165, 1.54) is 18.2 Å².